The fourth-order valence-electron chi connectivity index (χ4n) is 9.12. The molecule has 3 aromatic heterocycles. The van der Waals surface area contributed by atoms with E-state index in [1.54, 1.807) is 0 Å². The molecular weight excluding hydrogens is 557 g/mol. The van der Waals surface area contributed by atoms with Crippen molar-refractivity contribution in [1.82, 2.24) is 13.7 Å². The molecule has 2 aliphatic heterocycles. The summed E-state index contributed by atoms with van der Waals surface area (Å²) in [5.74, 6) is 0. The molecule has 7 aromatic carbocycles. The van der Waals surface area contributed by atoms with Gasteiger partial charge in [0.1, 0.15) is 0 Å². The van der Waals surface area contributed by atoms with Gasteiger partial charge in [-0.25, -0.2) is 0 Å². The van der Waals surface area contributed by atoms with Crippen LogP contribution in [0, 0.1) is 0 Å². The van der Waals surface area contributed by atoms with E-state index in [4.69, 9.17) is 0 Å². The molecule has 4 heteroatoms. The second-order valence-electron chi connectivity index (χ2n) is 12.9. The van der Waals surface area contributed by atoms with Gasteiger partial charge in [0.25, 0.3) is 6.71 Å². The van der Waals surface area contributed by atoms with Gasteiger partial charge >= 0.3 is 0 Å². The molecule has 46 heavy (non-hydrogen) atoms. The van der Waals surface area contributed by atoms with Gasteiger partial charge in [0, 0.05) is 54.9 Å². The highest BCUT2D eigenvalue weighted by atomic mass is 15.0. The SMILES string of the molecule is c1ccc2c(c1)B1c3cccc4c5ccccc5n(c34)-c3ccc4c5ccc(-n6c7ccccc7c7ccccc76)cc5n-2c4c31. The molecule has 0 amide bonds. The van der Waals surface area contributed by atoms with Crippen LogP contribution in [0.25, 0.3) is 82.5 Å². The summed E-state index contributed by atoms with van der Waals surface area (Å²) in [5.41, 5.74) is 15.6. The number of benzene rings is 7. The number of para-hydroxylation sites is 5. The topological polar surface area (TPSA) is 14.8 Å². The van der Waals surface area contributed by atoms with E-state index in [-0.39, 0.29) is 6.71 Å². The van der Waals surface area contributed by atoms with Crippen molar-refractivity contribution in [2.75, 3.05) is 0 Å². The van der Waals surface area contributed by atoms with Gasteiger partial charge in [-0.3, -0.25) is 0 Å². The number of hydrogen-bond donors (Lipinski definition) is 0. The van der Waals surface area contributed by atoms with Crippen molar-refractivity contribution in [1.29, 1.82) is 0 Å². The maximum absolute atomic E-state index is 2.56. The molecule has 0 radical (unpaired) electrons. The van der Waals surface area contributed by atoms with Gasteiger partial charge in [0.2, 0.25) is 0 Å². The zero-order valence-electron chi connectivity index (χ0n) is 24.8. The van der Waals surface area contributed by atoms with Crippen LogP contribution in [0.3, 0.4) is 0 Å². The summed E-state index contributed by atoms with van der Waals surface area (Å²) in [7, 11) is 0. The van der Waals surface area contributed by atoms with Crippen LogP contribution >= 0.6 is 0 Å². The van der Waals surface area contributed by atoms with Crippen LogP contribution in [0.1, 0.15) is 0 Å². The Kier molecular flexibility index (Phi) is 4.06. The van der Waals surface area contributed by atoms with E-state index in [0.717, 1.165) is 0 Å². The largest absolute Gasteiger partial charge is 0.310 e. The first kappa shape index (κ1) is 23.4. The standard InChI is InChI=1S/C42H24BN3/c1-5-16-34-26(10-1)27-11-2-6-17-35(27)44(34)25-20-21-29-31-22-23-38-40-42(31)46(39(29)24-25)37-19-8-4-14-32(37)43(40)33-15-9-13-30-28-12-3-7-18-36(28)45(38)41(30)33/h1-24H. The zero-order chi connectivity index (χ0) is 29.7. The van der Waals surface area contributed by atoms with E-state index < -0.39 is 0 Å². The molecule has 12 rings (SSSR count). The molecule has 0 atom stereocenters. The van der Waals surface area contributed by atoms with Gasteiger partial charge in [-0.1, -0.05) is 103 Å². The van der Waals surface area contributed by atoms with E-state index in [9.17, 15) is 0 Å². The third kappa shape index (κ3) is 2.58. The molecule has 10 aromatic rings. The molecule has 0 fully saturated rings. The minimum absolute atomic E-state index is 0.170. The van der Waals surface area contributed by atoms with Crippen molar-refractivity contribution in [2.45, 2.75) is 0 Å². The van der Waals surface area contributed by atoms with Gasteiger partial charge in [-0.15, -0.1) is 0 Å². The smallest absolute Gasteiger partial charge is 0.252 e. The highest BCUT2D eigenvalue weighted by Crippen LogP contribution is 2.41. The molecule has 0 N–H and O–H groups in total. The third-order valence-corrected chi connectivity index (χ3v) is 10.8. The Morgan fingerprint density at radius 3 is 1.67 bits per heavy atom. The van der Waals surface area contributed by atoms with Gasteiger partial charge in [-0.05, 0) is 58.9 Å². The normalized spacial score (nSPS) is 13.2. The summed E-state index contributed by atoms with van der Waals surface area (Å²) in [6.45, 7) is 0.170. The van der Waals surface area contributed by atoms with Crippen LogP contribution in [0.5, 0.6) is 0 Å². The summed E-state index contributed by atoms with van der Waals surface area (Å²) < 4.78 is 7.52. The first-order valence-electron chi connectivity index (χ1n) is 16.1. The van der Waals surface area contributed by atoms with E-state index in [0.29, 0.717) is 0 Å². The van der Waals surface area contributed by atoms with Gasteiger partial charge < -0.3 is 13.7 Å². The molecule has 0 bridgehead atoms. The maximum Gasteiger partial charge on any atom is 0.252 e. The third-order valence-electron chi connectivity index (χ3n) is 10.8. The van der Waals surface area contributed by atoms with Gasteiger partial charge in [0.05, 0.1) is 27.6 Å². The van der Waals surface area contributed by atoms with E-state index in [2.05, 4.69) is 159 Å². The first-order valence-corrected chi connectivity index (χ1v) is 16.1. The Balaban J connectivity index is 1.26. The number of rotatable bonds is 1. The second kappa shape index (κ2) is 7.98. The Bertz CT molecular complexity index is 2940. The predicted molar refractivity (Wildman–Crippen MR) is 194 cm³/mol. The van der Waals surface area contributed by atoms with Crippen molar-refractivity contribution in [2.24, 2.45) is 0 Å². The Hall–Kier alpha value is -6.00. The van der Waals surface area contributed by atoms with Gasteiger partial charge in [-0.2, -0.15) is 0 Å². The summed E-state index contributed by atoms with van der Waals surface area (Å²) in [5, 5.41) is 7.82. The van der Waals surface area contributed by atoms with Crippen LogP contribution in [0.15, 0.2) is 146 Å². The monoisotopic (exact) mass is 581 g/mol. The fourth-order valence-corrected chi connectivity index (χ4v) is 9.12. The highest BCUT2D eigenvalue weighted by molar-refractivity contribution is 7.00. The molecular formula is C42H24BN3. The molecule has 5 heterocycles. The van der Waals surface area contributed by atoms with Crippen molar-refractivity contribution < 1.29 is 0 Å². The number of aromatic nitrogens is 3. The zero-order valence-corrected chi connectivity index (χ0v) is 24.8. The number of hydrogen-bond acceptors (Lipinski definition) is 0. The predicted octanol–water partition coefficient (Wildman–Crippen LogP) is 8.12. The van der Waals surface area contributed by atoms with E-state index >= 15 is 0 Å². The fraction of sp³-hybridized carbons (Fsp3) is 0. The molecule has 0 unspecified atom stereocenters. The minimum atomic E-state index is 0.170. The van der Waals surface area contributed by atoms with Crippen molar-refractivity contribution in [3.8, 4) is 17.1 Å². The molecule has 0 aliphatic carbocycles. The Morgan fingerprint density at radius 1 is 0.348 bits per heavy atom. The lowest BCUT2D eigenvalue weighted by Crippen LogP contribution is -2.59. The summed E-state index contributed by atoms with van der Waals surface area (Å²) >= 11 is 0. The van der Waals surface area contributed by atoms with Crippen LogP contribution in [-0.2, 0) is 0 Å². The second-order valence-corrected chi connectivity index (χ2v) is 12.9. The van der Waals surface area contributed by atoms with E-state index in [1.165, 1.54) is 98.9 Å². The highest BCUT2D eigenvalue weighted by Gasteiger charge is 2.40. The van der Waals surface area contributed by atoms with Crippen LogP contribution in [0.4, 0.5) is 0 Å². The number of fused-ring (bicyclic) bond motifs is 14. The maximum atomic E-state index is 2.56. The molecule has 0 saturated heterocycles. The summed E-state index contributed by atoms with van der Waals surface area (Å²) in [6.07, 6.45) is 0. The Morgan fingerprint density at radius 2 is 0.891 bits per heavy atom. The van der Waals surface area contributed by atoms with Crippen molar-refractivity contribution in [3.63, 3.8) is 0 Å². The molecule has 2 aliphatic rings. The lowest BCUT2D eigenvalue weighted by atomic mass is 9.34. The molecule has 0 spiro atoms. The average molecular weight is 581 g/mol. The average Bonchev–Trinajstić information content (AvgIpc) is 3.76. The summed E-state index contributed by atoms with van der Waals surface area (Å²) in [6, 6.07) is 54.2. The summed E-state index contributed by atoms with van der Waals surface area (Å²) in [4.78, 5) is 0. The lowest BCUT2D eigenvalue weighted by Gasteiger charge is -2.33. The lowest BCUT2D eigenvalue weighted by molar-refractivity contribution is 1.15. The first-order chi connectivity index (χ1) is 22.9. The van der Waals surface area contributed by atoms with Gasteiger partial charge in [0.15, 0.2) is 0 Å². The van der Waals surface area contributed by atoms with Crippen molar-refractivity contribution >= 4 is 88.5 Å². The van der Waals surface area contributed by atoms with Crippen LogP contribution < -0.4 is 16.4 Å². The Labute approximate surface area is 264 Å². The molecule has 210 valence electrons. The van der Waals surface area contributed by atoms with Crippen LogP contribution in [-0.4, -0.2) is 20.4 Å². The molecule has 0 saturated carbocycles. The number of nitrogens with zero attached hydrogens (tertiary/aromatic N) is 3. The van der Waals surface area contributed by atoms with Crippen molar-refractivity contribution in [3.05, 3.63) is 146 Å². The minimum Gasteiger partial charge on any atom is -0.310 e. The molecule has 3 nitrogen and oxygen atoms in total. The quantitative estimate of drug-likeness (QED) is 0.174. The van der Waals surface area contributed by atoms with E-state index in [1.807, 2.05) is 0 Å². The van der Waals surface area contributed by atoms with Crippen LogP contribution in [0.2, 0.25) is 0 Å².